The molecule has 0 N–H and O–H groups in total. The maximum Gasteiger partial charge on any atom is 0.342 e. The van der Waals surface area contributed by atoms with Crippen LogP contribution in [0.15, 0.2) is 60.7 Å². The van der Waals surface area contributed by atoms with E-state index in [4.69, 9.17) is 4.74 Å². The number of hydrogen-bond acceptors (Lipinski definition) is 4. The molecule has 0 amide bonds. The predicted octanol–water partition coefficient (Wildman–Crippen LogP) is 3.53. The minimum atomic E-state index is -0.555. The largest absolute Gasteiger partial charge is 0.462 e. The average Bonchev–Trinajstić information content (AvgIpc) is 3.03. The highest BCUT2D eigenvalue weighted by Crippen LogP contribution is 2.27. The highest BCUT2D eigenvalue weighted by atomic mass is 16.5. The van der Waals surface area contributed by atoms with Crippen molar-refractivity contribution in [3.8, 4) is 16.9 Å². The van der Waals surface area contributed by atoms with Crippen molar-refractivity contribution in [2.45, 2.75) is 6.92 Å². The smallest absolute Gasteiger partial charge is 0.342 e. The normalized spacial score (nSPS) is 10.4. The highest BCUT2D eigenvalue weighted by molar-refractivity contribution is 6.03. The van der Waals surface area contributed by atoms with E-state index >= 15 is 0 Å². The summed E-state index contributed by atoms with van der Waals surface area (Å²) >= 11 is 0. The van der Waals surface area contributed by atoms with Crippen molar-refractivity contribution < 1.29 is 14.3 Å². The van der Waals surface area contributed by atoms with E-state index in [9.17, 15) is 9.59 Å². The number of para-hydroxylation sites is 1. The Morgan fingerprint density at radius 3 is 2.29 bits per heavy atom. The third-order valence-electron chi connectivity index (χ3n) is 3.56. The standard InChI is InChI=1S/C19H16N2O3/c1-2-24-19(23)17-16(13-22)21(15-11-7-4-8-12-15)20-18(17)14-9-5-3-6-10-14/h3-13H,2H2,1H3. The summed E-state index contributed by atoms with van der Waals surface area (Å²) in [7, 11) is 0. The Kier molecular flexibility index (Phi) is 4.52. The van der Waals surface area contributed by atoms with Crippen molar-refractivity contribution in [3.63, 3.8) is 0 Å². The molecule has 2 aromatic carbocycles. The first kappa shape index (κ1) is 15.7. The predicted molar refractivity (Wildman–Crippen MR) is 90.3 cm³/mol. The Morgan fingerprint density at radius 1 is 1.08 bits per heavy atom. The molecule has 0 aliphatic carbocycles. The van der Waals surface area contributed by atoms with Gasteiger partial charge in [0, 0.05) is 5.56 Å². The molecule has 3 aromatic rings. The molecule has 3 rings (SSSR count). The van der Waals surface area contributed by atoms with Gasteiger partial charge in [0.15, 0.2) is 6.29 Å². The van der Waals surface area contributed by atoms with E-state index in [1.807, 2.05) is 60.7 Å². The molecular formula is C19H16N2O3. The lowest BCUT2D eigenvalue weighted by Crippen LogP contribution is -2.09. The fourth-order valence-corrected chi connectivity index (χ4v) is 2.51. The molecule has 0 fully saturated rings. The van der Waals surface area contributed by atoms with Crippen LogP contribution >= 0.6 is 0 Å². The van der Waals surface area contributed by atoms with Crippen molar-refractivity contribution >= 4 is 12.3 Å². The number of aromatic nitrogens is 2. The SMILES string of the molecule is CCOC(=O)c1c(-c2ccccc2)nn(-c2ccccc2)c1C=O. The number of esters is 1. The van der Waals surface area contributed by atoms with Crippen LogP contribution in [0, 0.1) is 0 Å². The van der Waals surface area contributed by atoms with E-state index in [-0.39, 0.29) is 17.9 Å². The third kappa shape index (κ3) is 2.84. The molecule has 1 heterocycles. The van der Waals surface area contributed by atoms with E-state index in [1.54, 1.807) is 6.92 Å². The van der Waals surface area contributed by atoms with Gasteiger partial charge >= 0.3 is 5.97 Å². The number of rotatable bonds is 5. The lowest BCUT2D eigenvalue weighted by molar-refractivity contribution is 0.0525. The van der Waals surface area contributed by atoms with E-state index in [0.717, 1.165) is 5.56 Å². The first-order chi connectivity index (χ1) is 11.8. The summed E-state index contributed by atoms with van der Waals surface area (Å²) in [6.45, 7) is 1.95. The molecule has 5 nitrogen and oxygen atoms in total. The summed E-state index contributed by atoms with van der Waals surface area (Å²) < 4.78 is 6.60. The van der Waals surface area contributed by atoms with Crippen molar-refractivity contribution in [1.29, 1.82) is 0 Å². The number of hydrogen-bond donors (Lipinski definition) is 0. The summed E-state index contributed by atoms with van der Waals surface area (Å²) in [6, 6.07) is 18.5. The van der Waals surface area contributed by atoms with Gasteiger partial charge in [0.25, 0.3) is 0 Å². The number of aldehydes is 1. The zero-order valence-corrected chi connectivity index (χ0v) is 13.2. The lowest BCUT2D eigenvalue weighted by atomic mass is 10.1. The molecule has 0 unspecified atom stereocenters. The second-order valence-electron chi connectivity index (χ2n) is 5.06. The fourth-order valence-electron chi connectivity index (χ4n) is 2.51. The summed E-state index contributed by atoms with van der Waals surface area (Å²) in [5.41, 5.74) is 2.24. The summed E-state index contributed by atoms with van der Waals surface area (Å²) in [5, 5.41) is 4.51. The van der Waals surface area contributed by atoms with Crippen LogP contribution in [0.5, 0.6) is 0 Å². The minimum Gasteiger partial charge on any atom is -0.462 e. The molecule has 0 saturated heterocycles. The first-order valence-electron chi connectivity index (χ1n) is 7.62. The maximum absolute atomic E-state index is 12.4. The Labute approximate surface area is 139 Å². The van der Waals surface area contributed by atoms with Crippen LogP contribution in [0.4, 0.5) is 0 Å². The molecule has 0 aliphatic heterocycles. The number of carbonyl (C=O) groups excluding carboxylic acids is 2. The van der Waals surface area contributed by atoms with Gasteiger partial charge in [-0.1, -0.05) is 48.5 Å². The fraction of sp³-hybridized carbons (Fsp3) is 0.105. The van der Waals surface area contributed by atoms with Crippen molar-refractivity contribution in [2.75, 3.05) is 6.61 Å². The monoisotopic (exact) mass is 320 g/mol. The van der Waals surface area contributed by atoms with Crippen LogP contribution in [0.25, 0.3) is 16.9 Å². The van der Waals surface area contributed by atoms with Crippen molar-refractivity contribution in [2.24, 2.45) is 0 Å². The molecule has 120 valence electrons. The lowest BCUT2D eigenvalue weighted by Gasteiger charge is -2.04. The maximum atomic E-state index is 12.4. The van der Waals surface area contributed by atoms with Crippen LogP contribution in [-0.4, -0.2) is 28.6 Å². The van der Waals surface area contributed by atoms with Gasteiger partial charge in [-0.15, -0.1) is 0 Å². The van der Waals surface area contributed by atoms with Gasteiger partial charge < -0.3 is 4.74 Å². The minimum absolute atomic E-state index is 0.179. The van der Waals surface area contributed by atoms with Crippen LogP contribution in [0.1, 0.15) is 27.8 Å². The molecule has 1 aromatic heterocycles. The van der Waals surface area contributed by atoms with Gasteiger partial charge in [-0.3, -0.25) is 4.79 Å². The van der Waals surface area contributed by atoms with Crippen LogP contribution in [-0.2, 0) is 4.74 Å². The van der Waals surface area contributed by atoms with Crippen LogP contribution < -0.4 is 0 Å². The molecule has 24 heavy (non-hydrogen) atoms. The van der Waals surface area contributed by atoms with Crippen molar-refractivity contribution in [3.05, 3.63) is 71.9 Å². The zero-order valence-electron chi connectivity index (χ0n) is 13.2. The zero-order chi connectivity index (χ0) is 16.9. The van der Waals surface area contributed by atoms with E-state index in [1.165, 1.54) is 4.68 Å². The summed E-state index contributed by atoms with van der Waals surface area (Å²) in [6.07, 6.45) is 0.638. The van der Waals surface area contributed by atoms with E-state index in [0.29, 0.717) is 17.7 Å². The molecule has 0 aliphatic rings. The quantitative estimate of drug-likeness (QED) is 0.533. The molecular weight excluding hydrogens is 304 g/mol. The Balaban J connectivity index is 2.26. The average molecular weight is 320 g/mol. The first-order valence-corrected chi connectivity index (χ1v) is 7.62. The van der Waals surface area contributed by atoms with Crippen molar-refractivity contribution in [1.82, 2.24) is 9.78 Å². The van der Waals surface area contributed by atoms with Gasteiger partial charge in [0.05, 0.1) is 12.3 Å². The topological polar surface area (TPSA) is 61.2 Å². The molecule has 0 saturated carbocycles. The van der Waals surface area contributed by atoms with Gasteiger partial charge in [-0.05, 0) is 19.1 Å². The van der Waals surface area contributed by atoms with E-state index in [2.05, 4.69) is 5.10 Å². The van der Waals surface area contributed by atoms with Gasteiger partial charge in [0.2, 0.25) is 0 Å². The Hall–Kier alpha value is -3.21. The number of benzene rings is 2. The second kappa shape index (κ2) is 6.91. The molecule has 0 atom stereocenters. The molecule has 5 heteroatoms. The number of carbonyl (C=O) groups is 2. The highest BCUT2D eigenvalue weighted by Gasteiger charge is 2.26. The van der Waals surface area contributed by atoms with Crippen LogP contribution in [0.3, 0.4) is 0 Å². The van der Waals surface area contributed by atoms with E-state index < -0.39 is 5.97 Å². The van der Waals surface area contributed by atoms with Crippen LogP contribution in [0.2, 0.25) is 0 Å². The third-order valence-corrected chi connectivity index (χ3v) is 3.56. The second-order valence-corrected chi connectivity index (χ2v) is 5.06. The van der Waals surface area contributed by atoms with Gasteiger partial charge in [-0.25, -0.2) is 9.48 Å². The molecule has 0 radical (unpaired) electrons. The Bertz CT molecular complexity index is 855. The molecule has 0 bridgehead atoms. The number of ether oxygens (including phenoxy) is 1. The Morgan fingerprint density at radius 2 is 1.71 bits per heavy atom. The summed E-state index contributed by atoms with van der Waals surface area (Å²) in [4.78, 5) is 24.1. The van der Waals surface area contributed by atoms with Gasteiger partial charge in [0.1, 0.15) is 17.0 Å². The number of nitrogens with zero attached hydrogens (tertiary/aromatic N) is 2. The summed E-state index contributed by atoms with van der Waals surface area (Å²) in [5.74, 6) is -0.555. The molecule has 0 spiro atoms. The van der Waals surface area contributed by atoms with Gasteiger partial charge in [-0.2, -0.15) is 5.10 Å².